The third-order valence-electron chi connectivity index (χ3n) is 3.15. The van der Waals surface area contributed by atoms with Crippen molar-refractivity contribution < 1.29 is 4.79 Å². The van der Waals surface area contributed by atoms with Crippen LogP contribution >= 0.6 is 0 Å². The molecule has 0 aliphatic carbocycles. The van der Waals surface area contributed by atoms with E-state index in [1.165, 1.54) is 6.42 Å². The Kier molecular flexibility index (Phi) is 1.65. The van der Waals surface area contributed by atoms with Gasteiger partial charge in [0, 0.05) is 32.0 Å². The largest absolute Gasteiger partial charge is 0.345 e. The molecule has 12 heavy (non-hydrogen) atoms. The monoisotopic (exact) mass is 168 g/mol. The fraction of sp³-hybridized carbons (Fsp3) is 0.889. The van der Waals surface area contributed by atoms with Crippen molar-refractivity contribution in [2.75, 3.05) is 33.7 Å². The molecule has 0 N–H and O–H groups in total. The van der Waals surface area contributed by atoms with Gasteiger partial charge in [0.1, 0.15) is 0 Å². The summed E-state index contributed by atoms with van der Waals surface area (Å²) in [6, 6.07) is 0. The van der Waals surface area contributed by atoms with Crippen LogP contribution in [0.1, 0.15) is 12.8 Å². The van der Waals surface area contributed by atoms with Crippen LogP contribution in [-0.2, 0) is 4.79 Å². The zero-order chi connectivity index (χ0) is 8.77. The lowest BCUT2D eigenvalue weighted by Crippen LogP contribution is -2.28. The molecule has 3 heteroatoms. The second-order valence-corrected chi connectivity index (χ2v) is 4.41. The van der Waals surface area contributed by atoms with Crippen molar-refractivity contribution in [1.82, 2.24) is 9.80 Å². The number of hydrogen-bond donors (Lipinski definition) is 0. The second kappa shape index (κ2) is 2.46. The van der Waals surface area contributed by atoms with Gasteiger partial charge in [-0.15, -0.1) is 0 Å². The Labute approximate surface area is 73.3 Å². The van der Waals surface area contributed by atoms with Gasteiger partial charge in [-0.25, -0.2) is 0 Å². The van der Waals surface area contributed by atoms with E-state index in [9.17, 15) is 4.79 Å². The first-order valence-electron chi connectivity index (χ1n) is 4.54. The maximum atomic E-state index is 11.3. The van der Waals surface area contributed by atoms with Crippen LogP contribution in [0.15, 0.2) is 0 Å². The van der Waals surface area contributed by atoms with Crippen molar-refractivity contribution in [3.63, 3.8) is 0 Å². The molecule has 0 aromatic heterocycles. The van der Waals surface area contributed by atoms with E-state index in [0.29, 0.717) is 11.3 Å². The number of rotatable bonds is 0. The van der Waals surface area contributed by atoms with E-state index in [-0.39, 0.29) is 0 Å². The summed E-state index contributed by atoms with van der Waals surface area (Å²) in [5.41, 5.74) is 0.306. The molecule has 68 valence electrons. The summed E-state index contributed by atoms with van der Waals surface area (Å²) in [6.45, 7) is 3.22. The molecule has 1 atom stereocenters. The normalized spacial score (nSPS) is 37.2. The van der Waals surface area contributed by atoms with Crippen LogP contribution in [0.25, 0.3) is 0 Å². The Bertz CT molecular complexity index is 217. The maximum absolute atomic E-state index is 11.3. The molecule has 2 aliphatic heterocycles. The predicted octanol–water partition coefficient (Wildman–Crippen LogP) is 0.170. The molecule has 1 amide bonds. The first-order chi connectivity index (χ1) is 5.61. The summed E-state index contributed by atoms with van der Waals surface area (Å²) in [5.74, 6) is 0.324. The highest BCUT2D eigenvalue weighted by Gasteiger charge is 2.45. The van der Waals surface area contributed by atoms with E-state index in [1.54, 1.807) is 0 Å². The topological polar surface area (TPSA) is 23.6 Å². The van der Waals surface area contributed by atoms with Crippen molar-refractivity contribution in [2.24, 2.45) is 5.41 Å². The van der Waals surface area contributed by atoms with Crippen LogP contribution < -0.4 is 0 Å². The summed E-state index contributed by atoms with van der Waals surface area (Å²) in [6.07, 6.45) is 1.97. The van der Waals surface area contributed by atoms with E-state index in [1.807, 2.05) is 11.9 Å². The smallest absolute Gasteiger partial charge is 0.223 e. The lowest BCUT2D eigenvalue weighted by Gasteiger charge is -2.21. The van der Waals surface area contributed by atoms with Gasteiger partial charge in [0.15, 0.2) is 0 Å². The minimum atomic E-state index is 0.306. The van der Waals surface area contributed by atoms with Crippen LogP contribution in [0.4, 0.5) is 0 Å². The molecule has 0 unspecified atom stereocenters. The van der Waals surface area contributed by atoms with Crippen molar-refractivity contribution in [3.05, 3.63) is 0 Å². The first kappa shape index (κ1) is 8.05. The average Bonchev–Trinajstić information content (AvgIpc) is 2.42. The number of carbonyl (C=O) groups excluding carboxylic acids is 1. The molecular weight excluding hydrogens is 152 g/mol. The van der Waals surface area contributed by atoms with E-state index >= 15 is 0 Å². The van der Waals surface area contributed by atoms with Gasteiger partial charge >= 0.3 is 0 Å². The third-order valence-corrected chi connectivity index (χ3v) is 3.15. The Balaban J connectivity index is 2.10. The number of hydrogen-bond acceptors (Lipinski definition) is 2. The number of carbonyl (C=O) groups is 1. The Morgan fingerprint density at radius 3 is 2.50 bits per heavy atom. The molecular formula is C9H16N2O. The number of amides is 1. The minimum Gasteiger partial charge on any atom is -0.345 e. The predicted molar refractivity (Wildman–Crippen MR) is 46.8 cm³/mol. The highest BCUT2D eigenvalue weighted by molar-refractivity contribution is 5.79. The van der Waals surface area contributed by atoms with Crippen molar-refractivity contribution >= 4 is 5.91 Å². The molecule has 2 heterocycles. The molecule has 3 nitrogen and oxygen atoms in total. The molecule has 0 saturated carbocycles. The van der Waals surface area contributed by atoms with Crippen LogP contribution in [0.3, 0.4) is 0 Å². The molecule has 0 aromatic rings. The number of likely N-dealkylation sites (tertiary alicyclic amines) is 2. The van der Waals surface area contributed by atoms with Crippen molar-refractivity contribution in [2.45, 2.75) is 12.8 Å². The van der Waals surface area contributed by atoms with E-state index in [0.717, 1.165) is 26.1 Å². The number of nitrogens with zero attached hydrogens (tertiary/aromatic N) is 2. The second-order valence-electron chi connectivity index (χ2n) is 4.41. The Morgan fingerprint density at radius 1 is 1.33 bits per heavy atom. The van der Waals surface area contributed by atoms with Gasteiger partial charge in [0.2, 0.25) is 5.91 Å². The summed E-state index contributed by atoms with van der Waals surface area (Å²) in [7, 11) is 4.05. The average molecular weight is 168 g/mol. The highest BCUT2D eigenvalue weighted by atomic mass is 16.2. The fourth-order valence-electron chi connectivity index (χ4n) is 2.54. The van der Waals surface area contributed by atoms with Crippen molar-refractivity contribution in [3.8, 4) is 0 Å². The molecule has 1 spiro atoms. The molecule has 2 saturated heterocycles. The van der Waals surface area contributed by atoms with Gasteiger partial charge < -0.3 is 9.80 Å². The molecule has 2 fully saturated rings. The lowest BCUT2D eigenvalue weighted by atomic mass is 9.86. The van der Waals surface area contributed by atoms with Crippen molar-refractivity contribution in [1.29, 1.82) is 0 Å². The highest BCUT2D eigenvalue weighted by Crippen LogP contribution is 2.38. The lowest BCUT2D eigenvalue weighted by molar-refractivity contribution is -0.126. The maximum Gasteiger partial charge on any atom is 0.223 e. The SMILES string of the molecule is CN1CC[C@@]2(CC(=O)N(C)C2)C1. The molecule has 2 aliphatic rings. The molecule has 0 radical (unpaired) electrons. The Hall–Kier alpha value is -0.570. The quantitative estimate of drug-likeness (QED) is 0.515. The van der Waals surface area contributed by atoms with E-state index in [4.69, 9.17) is 0 Å². The fourth-order valence-corrected chi connectivity index (χ4v) is 2.54. The van der Waals surface area contributed by atoms with Gasteiger partial charge in [-0.05, 0) is 20.0 Å². The summed E-state index contributed by atoms with van der Waals surface area (Å²) in [5, 5.41) is 0. The molecule has 0 bridgehead atoms. The van der Waals surface area contributed by atoms with Crippen LogP contribution in [0.2, 0.25) is 0 Å². The minimum absolute atomic E-state index is 0.306. The standard InChI is InChI=1S/C9H16N2O/c1-10-4-3-9(6-10)5-8(12)11(2)7-9/h3-7H2,1-2H3/t9-/m1/s1. The first-order valence-corrected chi connectivity index (χ1v) is 4.54. The van der Waals surface area contributed by atoms with Gasteiger partial charge in [-0.1, -0.05) is 0 Å². The molecule has 0 aromatic carbocycles. The van der Waals surface area contributed by atoms with Crippen LogP contribution in [0, 0.1) is 5.41 Å². The van der Waals surface area contributed by atoms with Gasteiger partial charge in [-0.3, -0.25) is 4.79 Å². The van der Waals surface area contributed by atoms with Crippen LogP contribution in [0.5, 0.6) is 0 Å². The van der Waals surface area contributed by atoms with Gasteiger partial charge in [0.05, 0.1) is 0 Å². The summed E-state index contributed by atoms with van der Waals surface area (Å²) in [4.78, 5) is 15.5. The van der Waals surface area contributed by atoms with E-state index < -0.39 is 0 Å². The Morgan fingerprint density at radius 2 is 2.08 bits per heavy atom. The van der Waals surface area contributed by atoms with Crippen LogP contribution in [-0.4, -0.2) is 49.4 Å². The summed E-state index contributed by atoms with van der Waals surface area (Å²) < 4.78 is 0. The molecule has 2 rings (SSSR count). The third kappa shape index (κ3) is 1.12. The van der Waals surface area contributed by atoms with E-state index in [2.05, 4.69) is 11.9 Å². The zero-order valence-electron chi connectivity index (χ0n) is 7.84. The zero-order valence-corrected chi connectivity index (χ0v) is 7.84. The van der Waals surface area contributed by atoms with Gasteiger partial charge in [0.25, 0.3) is 0 Å². The summed E-state index contributed by atoms with van der Waals surface area (Å²) >= 11 is 0. The van der Waals surface area contributed by atoms with Gasteiger partial charge in [-0.2, -0.15) is 0 Å².